The maximum Gasteiger partial charge on any atom is 0.263 e. The maximum atomic E-state index is 12.6. The Morgan fingerprint density at radius 2 is 2.23 bits per heavy atom. The number of pyridine rings is 1. The van der Waals surface area contributed by atoms with Gasteiger partial charge in [-0.05, 0) is 38.4 Å². The summed E-state index contributed by atoms with van der Waals surface area (Å²) in [6.07, 6.45) is 2.92. The summed E-state index contributed by atoms with van der Waals surface area (Å²) in [5.41, 5.74) is 1.22. The largest absolute Gasteiger partial charge is 0.344 e. The predicted molar refractivity (Wildman–Crippen MR) is 91.7 cm³/mol. The van der Waals surface area contributed by atoms with E-state index >= 15 is 0 Å². The number of fused-ring (bicyclic) bond motifs is 1. The van der Waals surface area contributed by atoms with Gasteiger partial charge in [0.2, 0.25) is 0 Å². The molecular weight excluding hydrogens is 294 g/mol. The molecule has 0 bridgehead atoms. The van der Waals surface area contributed by atoms with Crippen LogP contribution in [0.3, 0.4) is 0 Å². The first kappa shape index (κ1) is 15.4. The van der Waals surface area contributed by atoms with E-state index in [4.69, 9.17) is 0 Å². The summed E-state index contributed by atoms with van der Waals surface area (Å²) >= 11 is 1.54. The number of rotatable bonds is 3. The van der Waals surface area contributed by atoms with Crippen molar-refractivity contribution in [1.82, 2.24) is 14.8 Å². The monoisotopic (exact) mass is 317 g/mol. The Morgan fingerprint density at radius 1 is 1.45 bits per heavy atom. The molecule has 2 aromatic heterocycles. The third kappa shape index (κ3) is 2.63. The lowest BCUT2D eigenvalue weighted by Gasteiger charge is -2.20. The first-order valence-electron chi connectivity index (χ1n) is 7.82. The third-order valence-corrected chi connectivity index (χ3v) is 5.58. The van der Waals surface area contributed by atoms with E-state index in [0.29, 0.717) is 12.0 Å². The van der Waals surface area contributed by atoms with Gasteiger partial charge in [0.1, 0.15) is 4.83 Å². The van der Waals surface area contributed by atoms with Gasteiger partial charge in [-0.2, -0.15) is 0 Å². The van der Waals surface area contributed by atoms with E-state index in [1.165, 1.54) is 16.9 Å². The van der Waals surface area contributed by atoms with Crippen LogP contribution in [-0.2, 0) is 0 Å². The molecule has 5 heteroatoms. The topological polar surface area (TPSA) is 36.4 Å². The van der Waals surface area contributed by atoms with Crippen molar-refractivity contribution in [2.45, 2.75) is 32.2 Å². The number of likely N-dealkylation sites (tertiary alicyclic amines) is 1. The normalized spacial score (nSPS) is 19.2. The minimum Gasteiger partial charge on any atom is -0.344 e. The lowest BCUT2D eigenvalue weighted by Crippen LogP contribution is -2.28. The molecule has 0 saturated carbocycles. The minimum absolute atomic E-state index is 0.0981. The zero-order chi connectivity index (χ0) is 15.9. The Bertz CT molecular complexity index is 692. The lowest BCUT2D eigenvalue weighted by atomic mass is 9.95. The molecule has 3 heterocycles. The fourth-order valence-electron chi connectivity index (χ4n) is 3.21. The average molecular weight is 317 g/mol. The highest BCUT2D eigenvalue weighted by molar-refractivity contribution is 7.20. The summed E-state index contributed by atoms with van der Waals surface area (Å²) in [4.78, 5) is 23.1. The second kappa shape index (κ2) is 5.97. The fraction of sp³-hybridized carbons (Fsp3) is 0.529. The fourth-order valence-corrected chi connectivity index (χ4v) is 4.46. The summed E-state index contributed by atoms with van der Waals surface area (Å²) in [6.45, 7) is 6.62. The van der Waals surface area contributed by atoms with E-state index < -0.39 is 0 Å². The molecule has 0 spiro atoms. The van der Waals surface area contributed by atoms with Crippen LogP contribution in [0.2, 0.25) is 0 Å². The number of aromatic nitrogens is 1. The van der Waals surface area contributed by atoms with Crippen molar-refractivity contribution in [3.63, 3.8) is 0 Å². The van der Waals surface area contributed by atoms with E-state index in [1.807, 2.05) is 26.4 Å². The summed E-state index contributed by atoms with van der Waals surface area (Å²) < 4.78 is 0. The second-order valence-corrected chi connectivity index (χ2v) is 7.47. The molecule has 2 aromatic rings. The van der Waals surface area contributed by atoms with Gasteiger partial charge in [0.05, 0.1) is 4.88 Å². The second-order valence-electron chi connectivity index (χ2n) is 6.47. The van der Waals surface area contributed by atoms with Gasteiger partial charge in [-0.15, -0.1) is 11.3 Å². The molecule has 118 valence electrons. The standard InChI is InChI=1S/C17H23N3OS/c1-11(2)20-9-7-12(10-20)14-13-6-5-8-18-16(13)22-15(14)17(21)19(3)4/h5-6,8,11-12H,7,9-10H2,1-4H3/t12-/m0/s1. The molecule has 1 saturated heterocycles. The van der Waals surface area contributed by atoms with Crippen molar-refractivity contribution < 1.29 is 4.79 Å². The Labute approximate surface area is 135 Å². The Kier molecular flexibility index (Phi) is 4.19. The zero-order valence-electron chi connectivity index (χ0n) is 13.7. The molecule has 4 nitrogen and oxygen atoms in total. The van der Waals surface area contributed by atoms with Gasteiger partial charge in [0.15, 0.2) is 0 Å². The number of amides is 1. The van der Waals surface area contributed by atoms with Gasteiger partial charge < -0.3 is 9.80 Å². The first-order chi connectivity index (χ1) is 10.5. The molecule has 0 aliphatic carbocycles. The van der Waals surface area contributed by atoms with Crippen molar-refractivity contribution in [3.8, 4) is 0 Å². The van der Waals surface area contributed by atoms with E-state index in [0.717, 1.165) is 34.6 Å². The van der Waals surface area contributed by atoms with Crippen LogP contribution in [0.4, 0.5) is 0 Å². The number of carbonyl (C=O) groups is 1. The Morgan fingerprint density at radius 3 is 2.86 bits per heavy atom. The van der Waals surface area contributed by atoms with Gasteiger partial charge in [-0.25, -0.2) is 4.98 Å². The number of carbonyl (C=O) groups excluding carboxylic acids is 1. The molecule has 1 atom stereocenters. The van der Waals surface area contributed by atoms with Crippen LogP contribution < -0.4 is 0 Å². The molecule has 0 aromatic carbocycles. The van der Waals surface area contributed by atoms with Gasteiger partial charge in [-0.3, -0.25) is 4.79 Å². The summed E-state index contributed by atoms with van der Waals surface area (Å²) in [6, 6.07) is 4.64. The number of nitrogens with zero attached hydrogens (tertiary/aromatic N) is 3. The Balaban J connectivity index is 2.07. The first-order valence-corrected chi connectivity index (χ1v) is 8.63. The van der Waals surface area contributed by atoms with Crippen LogP contribution in [0.5, 0.6) is 0 Å². The SMILES string of the molecule is CC(C)N1CC[C@H](c2c(C(=O)N(C)C)sc3ncccc23)C1. The number of hydrogen-bond acceptors (Lipinski definition) is 4. The van der Waals surface area contributed by atoms with Gasteiger partial charge in [-0.1, -0.05) is 6.07 Å². The van der Waals surface area contributed by atoms with Gasteiger partial charge in [0.25, 0.3) is 5.91 Å². The van der Waals surface area contributed by atoms with Crippen LogP contribution in [-0.4, -0.2) is 53.9 Å². The van der Waals surface area contributed by atoms with Crippen LogP contribution in [0, 0.1) is 0 Å². The molecule has 3 rings (SSSR count). The molecule has 0 N–H and O–H groups in total. The van der Waals surface area contributed by atoms with E-state index in [-0.39, 0.29) is 5.91 Å². The van der Waals surface area contributed by atoms with Crippen LogP contribution in [0.1, 0.15) is 41.4 Å². The molecule has 22 heavy (non-hydrogen) atoms. The zero-order valence-corrected chi connectivity index (χ0v) is 14.5. The summed E-state index contributed by atoms with van der Waals surface area (Å²) in [7, 11) is 3.64. The highest BCUT2D eigenvalue weighted by Gasteiger charge is 2.32. The van der Waals surface area contributed by atoms with E-state index in [2.05, 4.69) is 29.8 Å². The van der Waals surface area contributed by atoms with Crippen LogP contribution in [0.15, 0.2) is 18.3 Å². The van der Waals surface area contributed by atoms with E-state index in [9.17, 15) is 4.79 Å². The smallest absolute Gasteiger partial charge is 0.263 e. The quantitative estimate of drug-likeness (QED) is 0.872. The van der Waals surface area contributed by atoms with Crippen molar-refractivity contribution in [2.75, 3.05) is 27.2 Å². The molecule has 0 radical (unpaired) electrons. The molecule has 1 aliphatic heterocycles. The maximum absolute atomic E-state index is 12.6. The highest BCUT2D eigenvalue weighted by Crippen LogP contribution is 2.40. The Hall–Kier alpha value is -1.46. The minimum atomic E-state index is 0.0981. The van der Waals surface area contributed by atoms with Crippen molar-refractivity contribution >= 4 is 27.5 Å². The average Bonchev–Trinajstić information content (AvgIpc) is 3.10. The molecule has 0 unspecified atom stereocenters. The van der Waals surface area contributed by atoms with Gasteiger partial charge >= 0.3 is 0 Å². The number of hydrogen-bond donors (Lipinski definition) is 0. The van der Waals surface area contributed by atoms with Crippen molar-refractivity contribution in [3.05, 3.63) is 28.8 Å². The van der Waals surface area contributed by atoms with Gasteiger partial charge in [0, 0.05) is 44.2 Å². The summed E-state index contributed by atoms with van der Waals surface area (Å²) in [5, 5.41) is 1.16. The molecular formula is C17H23N3OS. The van der Waals surface area contributed by atoms with Crippen LogP contribution in [0.25, 0.3) is 10.2 Å². The van der Waals surface area contributed by atoms with E-state index in [1.54, 1.807) is 4.90 Å². The molecule has 1 amide bonds. The highest BCUT2D eigenvalue weighted by atomic mass is 32.1. The molecule has 1 aliphatic rings. The lowest BCUT2D eigenvalue weighted by molar-refractivity contribution is 0.0831. The predicted octanol–water partition coefficient (Wildman–Crippen LogP) is 3.20. The summed E-state index contributed by atoms with van der Waals surface area (Å²) in [5.74, 6) is 0.528. The van der Waals surface area contributed by atoms with Crippen LogP contribution >= 0.6 is 11.3 Å². The van der Waals surface area contributed by atoms with Crippen molar-refractivity contribution in [1.29, 1.82) is 0 Å². The number of thiophene rings is 1. The van der Waals surface area contributed by atoms with Crippen molar-refractivity contribution in [2.24, 2.45) is 0 Å². The third-order valence-electron chi connectivity index (χ3n) is 4.46. The molecule has 1 fully saturated rings.